The molecule has 1 aliphatic rings. The molecule has 2 atom stereocenters. The van der Waals surface area contributed by atoms with Crippen molar-refractivity contribution >= 4 is 27.3 Å². The molecule has 7 heteroatoms. The Morgan fingerprint density at radius 1 is 1.17 bits per heavy atom. The number of amides is 1. The molecule has 2 aromatic rings. The molecule has 1 aliphatic carbocycles. The van der Waals surface area contributed by atoms with Gasteiger partial charge in [-0.05, 0) is 61.1 Å². The highest BCUT2D eigenvalue weighted by molar-refractivity contribution is 7.92. The fourth-order valence-corrected chi connectivity index (χ4v) is 4.38. The number of carbonyl (C=O) groups excluding carboxylic acids is 1. The van der Waals surface area contributed by atoms with Gasteiger partial charge in [0.25, 0.3) is 5.91 Å². The molecule has 0 radical (unpaired) electrons. The molecule has 162 valence electrons. The molecule has 3 rings (SSSR count). The first-order valence-electron chi connectivity index (χ1n) is 10.3. The Kier molecular flexibility index (Phi) is 7.15. The van der Waals surface area contributed by atoms with E-state index in [1.165, 1.54) is 12.8 Å². The van der Waals surface area contributed by atoms with Crippen molar-refractivity contribution in [2.45, 2.75) is 52.2 Å². The average molecular weight is 431 g/mol. The van der Waals surface area contributed by atoms with Crippen LogP contribution in [0.15, 0.2) is 42.5 Å². The quantitative estimate of drug-likeness (QED) is 0.666. The van der Waals surface area contributed by atoms with Gasteiger partial charge in [0.1, 0.15) is 0 Å². The molecule has 0 saturated heterocycles. The third-order valence-electron chi connectivity index (χ3n) is 5.35. The Labute approximate surface area is 179 Å². The first-order chi connectivity index (χ1) is 14.2. The number of sulfonamides is 1. The molecule has 1 amide bonds. The van der Waals surface area contributed by atoms with Crippen LogP contribution in [0, 0.1) is 12.8 Å². The summed E-state index contributed by atoms with van der Waals surface area (Å²) in [6, 6.07) is 12.6. The van der Waals surface area contributed by atoms with E-state index in [2.05, 4.69) is 17.0 Å². The van der Waals surface area contributed by atoms with E-state index in [1.807, 2.05) is 24.3 Å². The normalized spacial score (nSPS) is 19.3. The van der Waals surface area contributed by atoms with Gasteiger partial charge >= 0.3 is 0 Å². The van der Waals surface area contributed by atoms with Crippen molar-refractivity contribution in [3.8, 4) is 0 Å². The van der Waals surface area contributed by atoms with Gasteiger partial charge in [0.2, 0.25) is 10.0 Å². The molecule has 2 unspecified atom stereocenters. The molecular weight excluding hydrogens is 400 g/mol. The number of hydrogen-bond donors (Lipinski definition) is 2. The van der Waals surface area contributed by atoms with Crippen molar-refractivity contribution in [2.75, 3.05) is 16.3 Å². The first-order valence-corrected chi connectivity index (χ1v) is 12.2. The molecule has 1 saturated carbocycles. The van der Waals surface area contributed by atoms with E-state index in [0.717, 1.165) is 30.2 Å². The minimum absolute atomic E-state index is 0.300. The van der Waals surface area contributed by atoms with E-state index >= 15 is 0 Å². The third-order valence-corrected chi connectivity index (χ3v) is 5.94. The molecule has 1 fully saturated rings. The van der Waals surface area contributed by atoms with Crippen LogP contribution in [0.3, 0.4) is 0 Å². The number of nitrogens with one attached hydrogen (secondary N) is 2. The summed E-state index contributed by atoms with van der Waals surface area (Å²) >= 11 is 0. The van der Waals surface area contributed by atoms with Gasteiger partial charge in [0, 0.05) is 11.3 Å². The number of hydrogen-bond acceptors (Lipinski definition) is 4. The summed E-state index contributed by atoms with van der Waals surface area (Å²) in [6.45, 7) is 4.58. The van der Waals surface area contributed by atoms with E-state index < -0.39 is 10.0 Å². The summed E-state index contributed by atoms with van der Waals surface area (Å²) in [5.41, 5.74) is 3.21. The highest BCUT2D eigenvalue weighted by Crippen LogP contribution is 2.26. The van der Waals surface area contributed by atoms with Crippen LogP contribution in [0.5, 0.6) is 0 Å². The van der Waals surface area contributed by atoms with E-state index in [1.54, 1.807) is 25.1 Å². The number of carbonyl (C=O) groups is 1. The van der Waals surface area contributed by atoms with Crippen molar-refractivity contribution in [3.63, 3.8) is 0 Å². The van der Waals surface area contributed by atoms with Gasteiger partial charge in [0.05, 0.1) is 24.7 Å². The number of rotatable bonds is 7. The summed E-state index contributed by atoms with van der Waals surface area (Å²) in [6.07, 6.45) is 6.10. The van der Waals surface area contributed by atoms with Gasteiger partial charge in [-0.25, -0.2) is 8.42 Å². The minimum Gasteiger partial charge on any atom is -0.374 e. The molecule has 2 N–H and O–H groups in total. The second-order valence-electron chi connectivity index (χ2n) is 8.26. The van der Waals surface area contributed by atoms with Crippen LogP contribution < -0.4 is 10.0 Å². The van der Waals surface area contributed by atoms with Gasteiger partial charge in [-0.15, -0.1) is 0 Å². The molecule has 30 heavy (non-hydrogen) atoms. The summed E-state index contributed by atoms with van der Waals surface area (Å²) < 4.78 is 31.6. The zero-order valence-corrected chi connectivity index (χ0v) is 18.6. The number of anilines is 2. The van der Waals surface area contributed by atoms with Crippen molar-refractivity contribution in [1.82, 2.24) is 0 Å². The standard InChI is InChI=1S/C23H30N2O4S/c1-16-6-4-9-21(12-16)29-15-18-7-5-8-20(13-18)24-23(26)19-11-10-17(2)22(14-19)25-30(3,27)28/h5,7-8,10-11,13-14,16,21,25H,4,6,9,12,15H2,1-3H3,(H,24,26). The smallest absolute Gasteiger partial charge is 0.255 e. The predicted octanol–water partition coefficient (Wildman–Crippen LogP) is 4.71. The molecule has 2 aromatic carbocycles. The molecule has 6 nitrogen and oxygen atoms in total. The number of aryl methyl sites for hydroxylation is 1. The maximum absolute atomic E-state index is 12.7. The second kappa shape index (κ2) is 9.62. The third kappa shape index (κ3) is 6.57. The van der Waals surface area contributed by atoms with Crippen molar-refractivity contribution in [2.24, 2.45) is 5.92 Å². The van der Waals surface area contributed by atoms with E-state index in [-0.39, 0.29) is 5.91 Å². The second-order valence-corrected chi connectivity index (χ2v) is 10.0. The van der Waals surface area contributed by atoms with E-state index in [4.69, 9.17) is 4.74 Å². The van der Waals surface area contributed by atoms with Gasteiger partial charge < -0.3 is 10.1 Å². The Morgan fingerprint density at radius 2 is 1.97 bits per heavy atom. The molecule has 0 aliphatic heterocycles. The predicted molar refractivity (Wildman–Crippen MR) is 120 cm³/mol. The van der Waals surface area contributed by atoms with E-state index in [0.29, 0.717) is 35.6 Å². The number of ether oxygens (including phenoxy) is 1. The van der Waals surface area contributed by atoms with Crippen molar-refractivity contribution < 1.29 is 17.9 Å². The number of benzene rings is 2. The lowest BCUT2D eigenvalue weighted by molar-refractivity contribution is 0.00468. The Balaban J connectivity index is 1.64. The lowest BCUT2D eigenvalue weighted by atomic mass is 9.89. The lowest BCUT2D eigenvalue weighted by Gasteiger charge is -2.26. The van der Waals surface area contributed by atoms with Crippen LogP contribution >= 0.6 is 0 Å². The maximum atomic E-state index is 12.7. The molecule has 0 heterocycles. The Hall–Kier alpha value is -2.38. The van der Waals surface area contributed by atoms with Crippen molar-refractivity contribution in [3.05, 3.63) is 59.2 Å². The first kappa shape index (κ1) is 22.3. The Bertz CT molecular complexity index is 1000. The van der Waals surface area contributed by atoms with Crippen LogP contribution in [0.1, 0.15) is 54.1 Å². The van der Waals surface area contributed by atoms with E-state index in [9.17, 15) is 13.2 Å². The van der Waals surface area contributed by atoms with Crippen LogP contribution in [0.4, 0.5) is 11.4 Å². The Morgan fingerprint density at radius 3 is 2.70 bits per heavy atom. The van der Waals surface area contributed by atoms with Crippen LogP contribution in [0.2, 0.25) is 0 Å². The molecule has 0 spiro atoms. The van der Waals surface area contributed by atoms with Gasteiger partial charge in [0.15, 0.2) is 0 Å². The largest absolute Gasteiger partial charge is 0.374 e. The fraction of sp³-hybridized carbons (Fsp3) is 0.435. The fourth-order valence-electron chi connectivity index (χ4n) is 3.76. The molecule has 0 bridgehead atoms. The van der Waals surface area contributed by atoms with Crippen LogP contribution in [0.25, 0.3) is 0 Å². The van der Waals surface area contributed by atoms with Gasteiger partial charge in [-0.2, -0.15) is 0 Å². The van der Waals surface area contributed by atoms with Crippen LogP contribution in [-0.2, 0) is 21.4 Å². The summed E-state index contributed by atoms with van der Waals surface area (Å²) in [4.78, 5) is 12.7. The summed E-state index contributed by atoms with van der Waals surface area (Å²) in [5, 5.41) is 2.88. The van der Waals surface area contributed by atoms with Gasteiger partial charge in [-0.3, -0.25) is 9.52 Å². The van der Waals surface area contributed by atoms with Crippen molar-refractivity contribution in [1.29, 1.82) is 0 Å². The highest BCUT2D eigenvalue weighted by Gasteiger charge is 2.19. The minimum atomic E-state index is -3.42. The van der Waals surface area contributed by atoms with Gasteiger partial charge in [-0.1, -0.05) is 38.0 Å². The SMILES string of the molecule is Cc1ccc(C(=O)Nc2cccc(COC3CCCC(C)C3)c2)cc1NS(C)(=O)=O. The lowest BCUT2D eigenvalue weighted by Crippen LogP contribution is -2.21. The maximum Gasteiger partial charge on any atom is 0.255 e. The summed E-state index contributed by atoms with van der Waals surface area (Å²) in [7, 11) is -3.42. The molecule has 0 aromatic heterocycles. The molecular formula is C23H30N2O4S. The highest BCUT2D eigenvalue weighted by atomic mass is 32.2. The zero-order valence-electron chi connectivity index (χ0n) is 17.8. The average Bonchev–Trinajstić information content (AvgIpc) is 2.67. The van der Waals surface area contributed by atoms with Crippen LogP contribution in [-0.4, -0.2) is 26.7 Å². The summed E-state index contributed by atoms with van der Waals surface area (Å²) in [5.74, 6) is 0.414. The zero-order chi connectivity index (χ0) is 21.7. The monoisotopic (exact) mass is 430 g/mol. The topological polar surface area (TPSA) is 84.5 Å².